The molecule has 0 aliphatic heterocycles. The van der Waals surface area contributed by atoms with Crippen LogP contribution in [0.1, 0.15) is 34.3 Å². The molecule has 0 aliphatic carbocycles. The van der Waals surface area contributed by atoms with Gasteiger partial charge in [0.15, 0.2) is 5.96 Å². The molecule has 1 atom stereocenters. The van der Waals surface area contributed by atoms with Gasteiger partial charge >= 0.3 is 0 Å². The van der Waals surface area contributed by atoms with Crippen LogP contribution < -0.4 is 16.0 Å². The highest BCUT2D eigenvalue weighted by Gasteiger charge is 2.07. The van der Waals surface area contributed by atoms with Gasteiger partial charge in [-0.25, -0.2) is 0 Å². The minimum absolute atomic E-state index is 0. The van der Waals surface area contributed by atoms with Crippen LogP contribution in [0.15, 0.2) is 46.1 Å². The zero-order chi connectivity index (χ0) is 18.1. The molecule has 0 fully saturated rings. The minimum Gasteiger partial charge on any atom is -0.356 e. The van der Waals surface area contributed by atoms with Crippen LogP contribution in [0.5, 0.6) is 0 Å². The van der Waals surface area contributed by atoms with Crippen LogP contribution in [0.25, 0.3) is 0 Å². The maximum Gasteiger partial charge on any atom is 0.251 e. The molecule has 2 aromatic rings. The summed E-state index contributed by atoms with van der Waals surface area (Å²) in [5.41, 5.74) is 3.10. The number of aryl methyl sites for hydroxylation is 1. The maximum absolute atomic E-state index is 12.1. The monoisotopic (exact) mass is 486 g/mol. The molecule has 5 nitrogen and oxygen atoms in total. The van der Waals surface area contributed by atoms with Crippen molar-refractivity contribution < 1.29 is 4.79 Å². The van der Waals surface area contributed by atoms with Crippen LogP contribution in [-0.2, 0) is 0 Å². The fraction of sp³-hybridized carbons (Fsp3) is 0.368. The number of hydrogen-bond donors (Lipinski definition) is 3. The van der Waals surface area contributed by atoms with E-state index >= 15 is 0 Å². The number of rotatable bonds is 7. The smallest absolute Gasteiger partial charge is 0.251 e. The fourth-order valence-electron chi connectivity index (χ4n) is 2.39. The van der Waals surface area contributed by atoms with Crippen molar-refractivity contribution in [2.45, 2.75) is 19.8 Å². The molecule has 1 heterocycles. The third kappa shape index (κ3) is 7.33. The lowest BCUT2D eigenvalue weighted by Gasteiger charge is -2.15. The second-order valence-corrected chi connectivity index (χ2v) is 6.74. The van der Waals surface area contributed by atoms with E-state index in [-0.39, 0.29) is 29.9 Å². The molecular weight excluding hydrogens is 459 g/mol. The first kappa shape index (κ1) is 22.4. The van der Waals surface area contributed by atoms with E-state index in [0.29, 0.717) is 24.6 Å². The predicted octanol–water partition coefficient (Wildman–Crippen LogP) is 3.37. The van der Waals surface area contributed by atoms with Gasteiger partial charge < -0.3 is 16.0 Å². The van der Waals surface area contributed by atoms with Gasteiger partial charge in [-0.1, -0.05) is 24.6 Å². The Balaban J connectivity index is 0.00000338. The first-order valence-electron chi connectivity index (χ1n) is 8.41. The lowest BCUT2D eigenvalue weighted by molar-refractivity contribution is 0.0954. The molecule has 26 heavy (non-hydrogen) atoms. The Morgan fingerprint density at radius 3 is 2.62 bits per heavy atom. The third-order valence-electron chi connectivity index (χ3n) is 3.89. The van der Waals surface area contributed by atoms with Gasteiger partial charge in [0.1, 0.15) is 0 Å². The summed E-state index contributed by atoms with van der Waals surface area (Å²) in [6.45, 7) is 6.12. The topological polar surface area (TPSA) is 65.5 Å². The van der Waals surface area contributed by atoms with Crippen LogP contribution in [0.2, 0.25) is 0 Å². The van der Waals surface area contributed by atoms with Gasteiger partial charge in [-0.3, -0.25) is 9.79 Å². The summed E-state index contributed by atoms with van der Waals surface area (Å²) in [5.74, 6) is 1.11. The van der Waals surface area contributed by atoms with Crippen molar-refractivity contribution >= 4 is 47.2 Å². The van der Waals surface area contributed by atoms with Gasteiger partial charge in [-0.05, 0) is 47.4 Å². The summed E-state index contributed by atoms with van der Waals surface area (Å²) < 4.78 is 0. The molecule has 0 spiro atoms. The normalized spacial score (nSPS) is 12.0. The summed E-state index contributed by atoms with van der Waals surface area (Å²) in [5, 5.41) is 13.7. The Bertz CT molecular complexity index is 703. The second kappa shape index (κ2) is 11.9. The number of amides is 1. The van der Waals surface area contributed by atoms with E-state index in [9.17, 15) is 4.79 Å². The first-order chi connectivity index (χ1) is 12.1. The Hall–Kier alpha value is -1.61. The van der Waals surface area contributed by atoms with E-state index < -0.39 is 0 Å². The van der Waals surface area contributed by atoms with Crippen LogP contribution in [-0.4, -0.2) is 38.5 Å². The summed E-state index contributed by atoms with van der Waals surface area (Å²) in [4.78, 5) is 16.3. The highest BCUT2D eigenvalue weighted by molar-refractivity contribution is 14.0. The van der Waals surface area contributed by atoms with Gasteiger partial charge in [0.2, 0.25) is 0 Å². The molecule has 0 saturated carbocycles. The Morgan fingerprint density at radius 1 is 1.19 bits per heavy atom. The van der Waals surface area contributed by atoms with Crippen molar-refractivity contribution in [1.82, 2.24) is 16.0 Å². The molecule has 3 N–H and O–H groups in total. The van der Waals surface area contributed by atoms with Crippen molar-refractivity contribution in [2.75, 3.05) is 26.7 Å². The second-order valence-electron chi connectivity index (χ2n) is 5.96. The quantitative estimate of drug-likeness (QED) is 0.243. The molecule has 7 heteroatoms. The van der Waals surface area contributed by atoms with E-state index in [1.165, 1.54) is 5.56 Å². The predicted molar refractivity (Wildman–Crippen MR) is 121 cm³/mol. The largest absolute Gasteiger partial charge is 0.356 e. The highest BCUT2D eigenvalue weighted by atomic mass is 127. The summed E-state index contributed by atoms with van der Waals surface area (Å²) in [7, 11) is 1.75. The molecule has 0 aliphatic rings. The van der Waals surface area contributed by atoms with Gasteiger partial charge in [-0.15, -0.1) is 24.0 Å². The Kier molecular flexibility index (Phi) is 10.3. The standard InChI is InChI=1S/C19H26N4OS.HI/c1-14-5-4-6-16(11-14)18(24)21-8-9-22-19(20-3)23-12-15(2)17-7-10-25-13-17;/h4-7,10-11,13,15H,8-9,12H2,1-3H3,(H,21,24)(H2,20,22,23);1H. The molecule has 0 radical (unpaired) electrons. The van der Waals surface area contributed by atoms with Crippen LogP contribution in [0.3, 0.4) is 0 Å². The van der Waals surface area contributed by atoms with Gasteiger partial charge in [0.05, 0.1) is 0 Å². The molecule has 0 bridgehead atoms. The van der Waals surface area contributed by atoms with Crippen LogP contribution >= 0.6 is 35.3 Å². The lowest BCUT2D eigenvalue weighted by Crippen LogP contribution is -2.42. The van der Waals surface area contributed by atoms with Crippen molar-refractivity contribution in [2.24, 2.45) is 4.99 Å². The van der Waals surface area contributed by atoms with E-state index in [0.717, 1.165) is 18.1 Å². The first-order valence-corrected chi connectivity index (χ1v) is 9.36. The van der Waals surface area contributed by atoms with E-state index in [2.05, 4.69) is 44.7 Å². The average molecular weight is 486 g/mol. The van der Waals surface area contributed by atoms with Crippen molar-refractivity contribution in [3.63, 3.8) is 0 Å². The molecule has 2 rings (SSSR count). The summed E-state index contributed by atoms with van der Waals surface area (Å²) in [6.07, 6.45) is 0. The molecule has 1 unspecified atom stereocenters. The van der Waals surface area contributed by atoms with Crippen molar-refractivity contribution in [3.8, 4) is 0 Å². The molecule has 1 amide bonds. The number of carbonyl (C=O) groups excluding carboxylic acids is 1. The van der Waals surface area contributed by atoms with E-state index in [1.807, 2.05) is 31.2 Å². The van der Waals surface area contributed by atoms with Gasteiger partial charge in [-0.2, -0.15) is 11.3 Å². The number of halogens is 1. The third-order valence-corrected chi connectivity index (χ3v) is 4.60. The summed E-state index contributed by atoms with van der Waals surface area (Å²) in [6, 6.07) is 9.72. The summed E-state index contributed by atoms with van der Waals surface area (Å²) >= 11 is 1.71. The molecule has 142 valence electrons. The van der Waals surface area contributed by atoms with Crippen molar-refractivity contribution in [1.29, 1.82) is 0 Å². The maximum atomic E-state index is 12.1. The van der Waals surface area contributed by atoms with Gasteiger partial charge in [0.25, 0.3) is 5.91 Å². The van der Waals surface area contributed by atoms with E-state index in [1.54, 1.807) is 18.4 Å². The SMILES string of the molecule is CN=C(NCCNC(=O)c1cccc(C)c1)NCC(C)c1ccsc1.I. The number of aliphatic imine (C=N–C) groups is 1. The number of nitrogens with zero attached hydrogens (tertiary/aromatic N) is 1. The molecule has 1 aromatic heterocycles. The number of nitrogens with one attached hydrogen (secondary N) is 3. The Morgan fingerprint density at radius 2 is 1.96 bits per heavy atom. The number of hydrogen-bond acceptors (Lipinski definition) is 3. The molecular formula is C19H27IN4OS. The average Bonchev–Trinajstić information content (AvgIpc) is 3.15. The number of benzene rings is 1. The zero-order valence-corrected chi connectivity index (χ0v) is 18.6. The van der Waals surface area contributed by atoms with Crippen LogP contribution in [0.4, 0.5) is 0 Å². The number of thiophene rings is 1. The number of guanidine groups is 1. The van der Waals surface area contributed by atoms with E-state index in [4.69, 9.17) is 0 Å². The fourth-order valence-corrected chi connectivity index (χ4v) is 3.17. The van der Waals surface area contributed by atoms with Crippen molar-refractivity contribution in [3.05, 3.63) is 57.8 Å². The molecule has 0 saturated heterocycles. The number of carbonyl (C=O) groups is 1. The minimum atomic E-state index is -0.0560. The van der Waals surface area contributed by atoms with Gasteiger partial charge in [0, 0.05) is 32.2 Å². The molecule has 1 aromatic carbocycles. The zero-order valence-electron chi connectivity index (χ0n) is 15.4. The van der Waals surface area contributed by atoms with Crippen LogP contribution in [0, 0.1) is 6.92 Å². The lowest BCUT2D eigenvalue weighted by atomic mass is 10.1. The Labute approximate surface area is 176 Å². The highest BCUT2D eigenvalue weighted by Crippen LogP contribution is 2.16.